The number of aliphatic hydroxyl groups excluding tert-OH is 1. The Labute approximate surface area is 200 Å². The first-order valence-corrected chi connectivity index (χ1v) is 12.4. The summed E-state index contributed by atoms with van der Waals surface area (Å²) in [6.45, 7) is 9.62. The summed E-state index contributed by atoms with van der Waals surface area (Å²) in [6, 6.07) is 6.46. The highest BCUT2D eigenvalue weighted by Gasteiger charge is 2.26. The summed E-state index contributed by atoms with van der Waals surface area (Å²) in [5.41, 5.74) is 1.32. The Morgan fingerprint density at radius 2 is 1.74 bits per heavy atom. The van der Waals surface area contributed by atoms with Crippen molar-refractivity contribution in [1.82, 2.24) is 19.7 Å². The Morgan fingerprint density at radius 3 is 2.41 bits per heavy atom. The number of carbonyl (C=O) groups excluding carboxylic acids is 1. The van der Waals surface area contributed by atoms with Crippen LogP contribution < -0.4 is 4.90 Å². The van der Waals surface area contributed by atoms with Crippen LogP contribution in [0.2, 0.25) is 0 Å². The number of hydrogen-bond acceptors (Lipinski definition) is 7. The summed E-state index contributed by atoms with van der Waals surface area (Å²) in [4.78, 5) is 25.9. The second-order valence-corrected chi connectivity index (χ2v) is 9.25. The fraction of sp³-hybridized carbons (Fsp3) is 0.600. The van der Waals surface area contributed by atoms with Crippen molar-refractivity contribution in [2.75, 3.05) is 63.8 Å². The van der Waals surface area contributed by atoms with E-state index in [0.717, 1.165) is 57.7 Å². The molecule has 9 heteroatoms. The number of halogens is 1. The van der Waals surface area contributed by atoms with Crippen molar-refractivity contribution in [3.05, 3.63) is 47.9 Å². The first-order chi connectivity index (χ1) is 16.5. The highest BCUT2D eigenvalue weighted by atomic mass is 19.1. The topological polar surface area (TPSA) is 76.3 Å². The third-order valence-corrected chi connectivity index (χ3v) is 6.71. The molecule has 0 radical (unpaired) electrons. The maximum atomic E-state index is 13.2. The summed E-state index contributed by atoms with van der Waals surface area (Å²) in [6.07, 6.45) is 4.26. The van der Waals surface area contributed by atoms with Crippen LogP contribution in [0.4, 0.5) is 10.1 Å². The molecule has 2 aromatic rings. The molecule has 186 valence electrons. The lowest BCUT2D eigenvalue weighted by atomic mass is 10.1. The van der Waals surface area contributed by atoms with Gasteiger partial charge in [-0.15, -0.1) is 0 Å². The lowest BCUT2D eigenvalue weighted by molar-refractivity contribution is 0.0627. The number of rotatable bonds is 9. The molecule has 1 N–H and O–H groups in total. The Balaban J connectivity index is 1.21. The van der Waals surface area contributed by atoms with Gasteiger partial charge in [0.25, 0.3) is 5.91 Å². The van der Waals surface area contributed by atoms with Crippen molar-refractivity contribution in [3.63, 3.8) is 0 Å². The number of piperazine rings is 2. The average Bonchev–Trinajstić information content (AvgIpc) is 3.32. The van der Waals surface area contributed by atoms with Crippen LogP contribution in [-0.4, -0.2) is 95.7 Å². The Kier molecular flexibility index (Phi) is 8.53. The Hall–Kier alpha value is -2.49. The minimum atomic E-state index is -0.248. The standard InChI is InChI=1S/C25H36FN5O3/c1-2-3-4-22(32)17-28-9-11-29(12-10-28)18-24-27-23(19-34-24)25(33)31-15-13-30(14-16-31)21-7-5-20(26)6-8-21/h5-8,19,22,32H,2-4,9-18H2,1H3/t22-/m1/s1. The molecular weight excluding hydrogens is 437 g/mol. The van der Waals surface area contributed by atoms with Crippen LogP contribution in [0.1, 0.15) is 42.6 Å². The van der Waals surface area contributed by atoms with E-state index in [0.29, 0.717) is 44.3 Å². The number of aromatic nitrogens is 1. The number of amides is 1. The van der Waals surface area contributed by atoms with Crippen LogP contribution in [0.25, 0.3) is 0 Å². The van der Waals surface area contributed by atoms with Gasteiger partial charge in [-0.1, -0.05) is 19.8 Å². The summed E-state index contributed by atoms with van der Waals surface area (Å²) < 4.78 is 18.8. The maximum Gasteiger partial charge on any atom is 0.275 e. The Morgan fingerprint density at radius 1 is 1.06 bits per heavy atom. The molecule has 2 saturated heterocycles. The maximum absolute atomic E-state index is 13.2. The fourth-order valence-corrected chi connectivity index (χ4v) is 4.61. The molecule has 2 aliphatic rings. The number of anilines is 1. The van der Waals surface area contributed by atoms with E-state index in [4.69, 9.17) is 4.42 Å². The van der Waals surface area contributed by atoms with Gasteiger partial charge in [0.15, 0.2) is 5.69 Å². The molecule has 2 aliphatic heterocycles. The molecule has 0 spiro atoms. The summed E-state index contributed by atoms with van der Waals surface area (Å²) in [5, 5.41) is 10.1. The van der Waals surface area contributed by atoms with Crippen molar-refractivity contribution < 1.29 is 18.7 Å². The number of unbranched alkanes of at least 4 members (excludes halogenated alkanes) is 1. The lowest BCUT2D eigenvalue weighted by Gasteiger charge is -2.35. The third-order valence-electron chi connectivity index (χ3n) is 6.71. The molecule has 3 heterocycles. The number of nitrogens with zero attached hydrogens (tertiary/aromatic N) is 5. The van der Waals surface area contributed by atoms with Crippen molar-refractivity contribution in [3.8, 4) is 0 Å². The molecule has 1 atom stereocenters. The summed E-state index contributed by atoms with van der Waals surface area (Å²) >= 11 is 0. The van der Waals surface area contributed by atoms with Gasteiger partial charge in [0.05, 0.1) is 12.6 Å². The Bertz CT molecular complexity index is 906. The zero-order chi connectivity index (χ0) is 23.9. The van der Waals surface area contributed by atoms with Crippen LogP contribution in [0.15, 0.2) is 34.9 Å². The predicted molar refractivity (Wildman–Crippen MR) is 128 cm³/mol. The van der Waals surface area contributed by atoms with Crippen LogP contribution in [0.3, 0.4) is 0 Å². The molecule has 8 nitrogen and oxygen atoms in total. The van der Waals surface area contributed by atoms with Crippen molar-refractivity contribution >= 4 is 11.6 Å². The van der Waals surface area contributed by atoms with Gasteiger partial charge in [0.1, 0.15) is 12.1 Å². The fourth-order valence-electron chi connectivity index (χ4n) is 4.61. The van der Waals surface area contributed by atoms with Gasteiger partial charge >= 0.3 is 0 Å². The van der Waals surface area contributed by atoms with Crippen LogP contribution in [0, 0.1) is 5.82 Å². The van der Waals surface area contributed by atoms with E-state index in [1.54, 1.807) is 17.0 Å². The molecule has 0 aliphatic carbocycles. The minimum absolute atomic E-state index is 0.111. The van der Waals surface area contributed by atoms with Gasteiger partial charge in [0, 0.05) is 64.6 Å². The normalized spacial score (nSPS) is 18.9. The molecule has 1 aromatic carbocycles. The number of β-amino-alcohol motifs (C(OH)–C–C–N with tert-alkyl or cyclic N) is 1. The quantitative estimate of drug-likeness (QED) is 0.600. The van der Waals surface area contributed by atoms with E-state index < -0.39 is 0 Å². The first-order valence-electron chi connectivity index (χ1n) is 12.4. The predicted octanol–water partition coefficient (Wildman–Crippen LogP) is 2.44. The number of aliphatic hydroxyl groups is 1. The first kappa shape index (κ1) is 24.6. The molecule has 1 aromatic heterocycles. The van der Waals surface area contributed by atoms with Gasteiger partial charge in [0.2, 0.25) is 5.89 Å². The van der Waals surface area contributed by atoms with Crippen LogP contribution in [0.5, 0.6) is 0 Å². The van der Waals surface area contributed by atoms with E-state index in [2.05, 4.69) is 26.6 Å². The van der Waals surface area contributed by atoms with E-state index in [1.807, 2.05) is 0 Å². The van der Waals surface area contributed by atoms with Crippen LogP contribution in [-0.2, 0) is 6.54 Å². The van der Waals surface area contributed by atoms with Crippen molar-refractivity contribution in [2.24, 2.45) is 0 Å². The van der Waals surface area contributed by atoms with Crippen LogP contribution >= 0.6 is 0 Å². The molecule has 0 saturated carbocycles. The molecule has 1 amide bonds. The van der Waals surface area contributed by atoms with Crippen molar-refractivity contribution in [1.29, 1.82) is 0 Å². The van der Waals surface area contributed by atoms with E-state index in [9.17, 15) is 14.3 Å². The van der Waals surface area contributed by atoms with Gasteiger partial charge in [-0.05, 0) is 30.7 Å². The van der Waals surface area contributed by atoms with E-state index in [1.165, 1.54) is 18.4 Å². The zero-order valence-electron chi connectivity index (χ0n) is 20.0. The van der Waals surface area contributed by atoms with Gasteiger partial charge < -0.3 is 19.3 Å². The highest BCUT2D eigenvalue weighted by molar-refractivity contribution is 5.92. The number of carbonyl (C=O) groups is 1. The van der Waals surface area contributed by atoms with E-state index >= 15 is 0 Å². The molecular formula is C25H36FN5O3. The van der Waals surface area contributed by atoms with Crippen molar-refractivity contribution in [2.45, 2.75) is 38.8 Å². The largest absolute Gasteiger partial charge is 0.447 e. The number of oxazole rings is 1. The average molecular weight is 474 g/mol. The summed E-state index contributed by atoms with van der Waals surface area (Å²) in [7, 11) is 0. The van der Waals surface area contributed by atoms with Gasteiger partial charge in [-0.3, -0.25) is 14.6 Å². The second-order valence-electron chi connectivity index (χ2n) is 9.25. The smallest absolute Gasteiger partial charge is 0.275 e. The second kappa shape index (κ2) is 11.8. The SMILES string of the molecule is CCCC[C@@H](O)CN1CCN(Cc2nc(C(=O)N3CCN(c4ccc(F)cc4)CC3)co2)CC1. The number of hydrogen-bond donors (Lipinski definition) is 1. The summed E-state index contributed by atoms with van der Waals surface area (Å²) in [5.74, 6) is 0.201. The molecule has 0 unspecified atom stereocenters. The highest BCUT2D eigenvalue weighted by Crippen LogP contribution is 2.18. The zero-order valence-corrected chi connectivity index (χ0v) is 20.0. The number of benzene rings is 1. The molecule has 34 heavy (non-hydrogen) atoms. The van der Waals surface area contributed by atoms with Gasteiger partial charge in [-0.25, -0.2) is 9.37 Å². The molecule has 4 rings (SSSR count). The monoisotopic (exact) mass is 473 g/mol. The minimum Gasteiger partial charge on any atom is -0.447 e. The van der Waals surface area contributed by atoms with E-state index in [-0.39, 0.29) is 17.8 Å². The lowest BCUT2D eigenvalue weighted by Crippen LogP contribution is -2.49. The third kappa shape index (κ3) is 6.55. The molecule has 2 fully saturated rings. The van der Waals surface area contributed by atoms with Gasteiger partial charge in [-0.2, -0.15) is 0 Å². The molecule has 0 bridgehead atoms.